The van der Waals surface area contributed by atoms with Crippen molar-refractivity contribution < 1.29 is 13.2 Å². The van der Waals surface area contributed by atoms with Gasteiger partial charge in [-0.1, -0.05) is 0 Å². The minimum absolute atomic E-state index is 0.375. The van der Waals surface area contributed by atoms with Gasteiger partial charge < -0.3 is 4.74 Å². The molecule has 0 amide bonds. The molecule has 1 N–H and O–H groups in total. The molecule has 0 fully saturated rings. The zero-order chi connectivity index (χ0) is 18.0. The third-order valence-corrected chi connectivity index (χ3v) is 4.11. The Morgan fingerprint density at radius 2 is 1.80 bits per heavy atom. The Morgan fingerprint density at radius 3 is 2.40 bits per heavy atom. The van der Waals surface area contributed by atoms with Gasteiger partial charge in [0.05, 0.1) is 11.9 Å². The summed E-state index contributed by atoms with van der Waals surface area (Å²) in [6, 6.07) is 8.24. The van der Waals surface area contributed by atoms with E-state index in [0.717, 1.165) is 17.6 Å². The van der Waals surface area contributed by atoms with Gasteiger partial charge in [-0.05, 0) is 38.1 Å². The highest BCUT2D eigenvalue weighted by molar-refractivity contribution is 7.92. The third kappa shape index (κ3) is 4.13. The highest BCUT2D eigenvalue weighted by atomic mass is 32.2. The van der Waals surface area contributed by atoms with E-state index in [1.54, 1.807) is 36.7 Å². The fourth-order valence-electron chi connectivity index (χ4n) is 2.17. The van der Waals surface area contributed by atoms with Gasteiger partial charge in [0.15, 0.2) is 0 Å². The molecule has 0 bridgehead atoms. The highest BCUT2D eigenvalue weighted by Gasteiger charge is 2.08. The van der Waals surface area contributed by atoms with Crippen molar-refractivity contribution in [1.29, 1.82) is 0 Å². The Morgan fingerprint density at radius 1 is 1.08 bits per heavy atom. The molecule has 0 radical (unpaired) electrons. The molecule has 2 aromatic heterocycles. The van der Waals surface area contributed by atoms with E-state index in [9.17, 15) is 8.42 Å². The van der Waals surface area contributed by atoms with Crippen LogP contribution < -0.4 is 9.46 Å². The fourth-order valence-corrected chi connectivity index (χ4v) is 2.74. The maximum atomic E-state index is 11.2. The van der Waals surface area contributed by atoms with Crippen LogP contribution in [-0.4, -0.2) is 34.2 Å². The third-order valence-electron chi connectivity index (χ3n) is 3.51. The topological polar surface area (TPSA) is 99.0 Å². The molecule has 1 aromatic carbocycles. The first-order chi connectivity index (χ1) is 11.8. The maximum Gasteiger partial charge on any atom is 0.229 e. The Balaban J connectivity index is 1.79. The van der Waals surface area contributed by atoms with E-state index in [1.807, 2.05) is 18.4 Å². The summed E-state index contributed by atoms with van der Waals surface area (Å²) < 4.78 is 32.4. The van der Waals surface area contributed by atoms with Crippen LogP contribution in [-0.2, 0) is 10.0 Å². The molecule has 0 atom stereocenters. The molecule has 0 saturated carbocycles. The van der Waals surface area contributed by atoms with Crippen LogP contribution in [0.25, 0.3) is 5.82 Å². The van der Waals surface area contributed by atoms with Gasteiger partial charge in [0.1, 0.15) is 24.2 Å². The number of nitrogens with zero attached hydrogens (tertiary/aromatic N) is 4. The maximum absolute atomic E-state index is 11.2. The summed E-state index contributed by atoms with van der Waals surface area (Å²) in [5.41, 5.74) is 2.37. The van der Waals surface area contributed by atoms with Crippen molar-refractivity contribution in [1.82, 2.24) is 19.5 Å². The number of sulfonamides is 1. The minimum Gasteiger partial charge on any atom is -0.439 e. The van der Waals surface area contributed by atoms with Gasteiger partial charge in [0.2, 0.25) is 15.9 Å². The predicted molar refractivity (Wildman–Crippen MR) is 93.6 cm³/mol. The van der Waals surface area contributed by atoms with Gasteiger partial charge in [-0.25, -0.2) is 23.4 Å². The summed E-state index contributed by atoms with van der Waals surface area (Å²) in [5, 5.41) is 0. The molecule has 25 heavy (non-hydrogen) atoms. The van der Waals surface area contributed by atoms with E-state index in [2.05, 4.69) is 19.7 Å². The lowest BCUT2D eigenvalue weighted by Gasteiger charge is -2.09. The normalized spacial score (nSPS) is 11.3. The van der Waals surface area contributed by atoms with Crippen LogP contribution in [0.2, 0.25) is 0 Å². The van der Waals surface area contributed by atoms with Crippen molar-refractivity contribution in [3.05, 3.63) is 54.4 Å². The Hall–Kier alpha value is -2.94. The number of imidazole rings is 1. The van der Waals surface area contributed by atoms with E-state index in [-0.39, 0.29) is 0 Å². The summed E-state index contributed by atoms with van der Waals surface area (Å²) in [4.78, 5) is 12.6. The minimum atomic E-state index is -3.31. The number of hydrogen-bond donors (Lipinski definition) is 1. The molecule has 0 unspecified atom stereocenters. The van der Waals surface area contributed by atoms with Crippen molar-refractivity contribution >= 4 is 15.7 Å². The lowest BCUT2D eigenvalue weighted by Crippen LogP contribution is -2.09. The number of aromatic nitrogens is 4. The van der Waals surface area contributed by atoms with Crippen LogP contribution in [0, 0.1) is 13.8 Å². The van der Waals surface area contributed by atoms with Gasteiger partial charge in [0, 0.05) is 17.4 Å². The summed E-state index contributed by atoms with van der Waals surface area (Å²) in [6.07, 6.45) is 4.21. The molecule has 9 heteroatoms. The summed E-state index contributed by atoms with van der Waals surface area (Å²) in [5.74, 6) is 1.56. The molecular formula is C16H17N5O3S. The molecular weight excluding hydrogens is 342 g/mol. The van der Waals surface area contributed by atoms with Crippen LogP contribution in [0.15, 0.2) is 43.0 Å². The van der Waals surface area contributed by atoms with Gasteiger partial charge in [-0.15, -0.1) is 0 Å². The molecule has 130 valence electrons. The van der Waals surface area contributed by atoms with Crippen molar-refractivity contribution in [2.75, 3.05) is 11.0 Å². The van der Waals surface area contributed by atoms with Crippen LogP contribution in [0.4, 0.5) is 5.69 Å². The first kappa shape index (κ1) is 16.9. The predicted octanol–water partition coefficient (Wildman–Crippen LogP) is 2.44. The first-order valence-corrected chi connectivity index (χ1v) is 9.29. The van der Waals surface area contributed by atoms with Crippen LogP contribution in [0.1, 0.15) is 11.4 Å². The molecule has 3 rings (SSSR count). The Kier molecular flexibility index (Phi) is 4.41. The van der Waals surface area contributed by atoms with E-state index < -0.39 is 10.0 Å². The van der Waals surface area contributed by atoms with Crippen molar-refractivity contribution in [3.8, 4) is 17.4 Å². The zero-order valence-corrected chi connectivity index (χ0v) is 14.8. The number of ether oxygens (including phenoxy) is 1. The molecule has 0 aliphatic heterocycles. The van der Waals surface area contributed by atoms with Crippen molar-refractivity contribution in [3.63, 3.8) is 0 Å². The summed E-state index contributed by atoms with van der Waals surface area (Å²) in [7, 11) is -3.31. The second-order valence-corrected chi connectivity index (χ2v) is 7.25. The van der Waals surface area contributed by atoms with Crippen molar-refractivity contribution in [2.24, 2.45) is 0 Å². The van der Waals surface area contributed by atoms with Gasteiger partial charge in [-0.3, -0.25) is 9.29 Å². The fraction of sp³-hybridized carbons (Fsp3) is 0.188. The van der Waals surface area contributed by atoms with Gasteiger partial charge in [-0.2, -0.15) is 0 Å². The largest absolute Gasteiger partial charge is 0.439 e. The SMILES string of the molecule is Cc1ncn(-c2cc(Oc3ccc(NS(C)(=O)=O)cc3)ncn2)c1C. The molecule has 0 saturated heterocycles. The lowest BCUT2D eigenvalue weighted by atomic mass is 10.3. The zero-order valence-electron chi connectivity index (χ0n) is 14.0. The molecule has 2 heterocycles. The monoisotopic (exact) mass is 359 g/mol. The molecule has 0 aliphatic rings. The second kappa shape index (κ2) is 6.52. The van der Waals surface area contributed by atoms with E-state index in [1.165, 1.54) is 6.33 Å². The Labute approximate surface area is 145 Å². The van der Waals surface area contributed by atoms with Crippen molar-refractivity contribution in [2.45, 2.75) is 13.8 Å². The van der Waals surface area contributed by atoms with Crippen LogP contribution >= 0.6 is 0 Å². The van der Waals surface area contributed by atoms with Gasteiger partial charge in [0.25, 0.3) is 0 Å². The quantitative estimate of drug-likeness (QED) is 0.751. The van der Waals surface area contributed by atoms with Crippen LogP contribution in [0.5, 0.6) is 11.6 Å². The number of benzene rings is 1. The molecule has 0 aliphatic carbocycles. The first-order valence-electron chi connectivity index (χ1n) is 7.40. The average Bonchev–Trinajstić information content (AvgIpc) is 2.88. The number of nitrogens with one attached hydrogen (secondary N) is 1. The van der Waals surface area contributed by atoms with Gasteiger partial charge >= 0.3 is 0 Å². The lowest BCUT2D eigenvalue weighted by molar-refractivity contribution is 0.461. The Bertz CT molecular complexity index is 997. The summed E-state index contributed by atoms with van der Waals surface area (Å²) >= 11 is 0. The average molecular weight is 359 g/mol. The molecule has 3 aromatic rings. The molecule has 0 spiro atoms. The summed E-state index contributed by atoms with van der Waals surface area (Å²) in [6.45, 7) is 3.88. The highest BCUT2D eigenvalue weighted by Crippen LogP contribution is 2.23. The second-order valence-electron chi connectivity index (χ2n) is 5.50. The standard InChI is InChI=1S/C16H17N5O3S/c1-11-12(2)21(10-19-11)15-8-16(18-9-17-15)24-14-6-4-13(5-7-14)20-25(3,22)23/h4-10,20H,1-3H3. The number of aryl methyl sites for hydroxylation is 1. The van der Waals surface area contributed by atoms with E-state index in [0.29, 0.717) is 23.1 Å². The smallest absolute Gasteiger partial charge is 0.229 e. The number of hydrogen-bond acceptors (Lipinski definition) is 6. The molecule has 8 nitrogen and oxygen atoms in total. The number of rotatable bonds is 5. The van der Waals surface area contributed by atoms with Crippen LogP contribution in [0.3, 0.4) is 0 Å². The van der Waals surface area contributed by atoms with E-state index in [4.69, 9.17) is 4.74 Å². The number of anilines is 1. The van der Waals surface area contributed by atoms with E-state index >= 15 is 0 Å².